The molecule has 1 rings (SSSR count). The molecule has 0 fully saturated rings. The number of carboxylic acid groups (broad SMARTS) is 1. The van der Waals surface area contributed by atoms with Gasteiger partial charge in [-0.05, 0) is 29.5 Å². The number of hydrogen-bond acceptors (Lipinski definition) is 7. The summed E-state index contributed by atoms with van der Waals surface area (Å²) in [5.41, 5.74) is 6.37. The standard InChI is InChI=1S/C22H34N4O7/c1-11(2)17(23)20(30)26-18(12(3)4)21(31)25-16(10-27)19(29)24-15(22(32)33)9-13-5-7-14(28)8-6-13/h5-8,11-12,15-18,27-28H,9-10,23H2,1-4H3,(H,24,29)(H,25,31)(H,26,30)(H,32,33). The first-order valence-electron chi connectivity index (χ1n) is 10.7. The number of rotatable bonds is 12. The van der Waals surface area contributed by atoms with Gasteiger partial charge in [-0.15, -0.1) is 0 Å². The van der Waals surface area contributed by atoms with Gasteiger partial charge in [0, 0.05) is 6.42 Å². The van der Waals surface area contributed by atoms with Gasteiger partial charge in [-0.1, -0.05) is 39.8 Å². The van der Waals surface area contributed by atoms with Crippen molar-refractivity contribution in [2.45, 2.75) is 58.3 Å². The summed E-state index contributed by atoms with van der Waals surface area (Å²) in [7, 11) is 0. The summed E-state index contributed by atoms with van der Waals surface area (Å²) in [6.07, 6.45) is -0.0782. The van der Waals surface area contributed by atoms with Gasteiger partial charge in [-0.3, -0.25) is 14.4 Å². The number of phenols is 1. The Hall–Kier alpha value is -3.18. The average Bonchev–Trinajstić information content (AvgIpc) is 2.75. The maximum absolute atomic E-state index is 12.7. The molecule has 0 saturated heterocycles. The van der Waals surface area contributed by atoms with Crippen LogP contribution in [-0.2, 0) is 25.6 Å². The van der Waals surface area contributed by atoms with Gasteiger partial charge in [0.25, 0.3) is 0 Å². The van der Waals surface area contributed by atoms with Crippen molar-refractivity contribution in [3.05, 3.63) is 29.8 Å². The van der Waals surface area contributed by atoms with E-state index in [1.165, 1.54) is 24.3 Å². The highest BCUT2D eigenvalue weighted by Crippen LogP contribution is 2.12. The first kappa shape index (κ1) is 27.9. The van der Waals surface area contributed by atoms with Gasteiger partial charge >= 0.3 is 5.97 Å². The molecule has 0 spiro atoms. The number of phenolic OH excluding ortho intramolecular Hbond substituents is 1. The Morgan fingerprint density at radius 3 is 1.85 bits per heavy atom. The van der Waals surface area contributed by atoms with Crippen molar-refractivity contribution in [3.63, 3.8) is 0 Å². The maximum Gasteiger partial charge on any atom is 0.326 e. The largest absolute Gasteiger partial charge is 0.508 e. The van der Waals surface area contributed by atoms with Crippen LogP contribution in [0.1, 0.15) is 33.3 Å². The van der Waals surface area contributed by atoms with Crippen molar-refractivity contribution in [1.82, 2.24) is 16.0 Å². The Labute approximate surface area is 192 Å². The Kier molecular flexibility index (Phi) is 10.8. The van der Waals surface area contributed by atoms with Crippen LogP contribution in [-0.4, -0.2) is 69.8 Å². The fourth-order valence-corrected chi connectivity index (χ4v) is 2.88. The molecule has 11 heteroatoms. The molecule has 1 aromatic rings. The zero-order chi connectivity index (χ0) is 25.3. The molecule has 0 bridgehead atoms. The van der Waals surface area contributed by atoms with Crippen LogP contribution in [0, 0.1) is 11.8 Å². The number of carbonyl (C=O) groups is 4. The van der Waals surface area contributed by atoms with E-state index in [1.807, 2.05) is 0 Å². The Bertz CT molecular complexity index is 827. The van der Waals surface area contributed by atoms with E-state index in [0.29, 0.717) is 5.56 Å². The number of aromatic hydroxyl groups is 1. The van der Waals surface area contributed by atoms with Crippen molar-refractivity contribution < 1.29 is 34.5 Å². The van der Waals surface area contributed by atoms with Crippen LogP contribution in [0.4, 0.5) is 0 Å². The number of aliphatic carboxylic acids is 1. The minimum atomic E-state index is -1.43. The van der Waals surface area contributed by atoms with Gasteiger partial charge in [-0.25, -0.2) is 4.79 Å². The molecule has 0 aliphatic heterocycles. The third-order valence-electron chi connectivity index (χ3n) is 5.07. The van der Waals surface area contributed by atoms with Crippen molar-refractivity contribution in [1.29, 1.82) is 0 Å². The molecule has 0 heterocycles. The molecule has 0 aliphatic carbocycles. The van der Waals surface area contributed by atoms with E-state index < -0.39 is 54.5 Å². The summed E-state index contributed by atoms with van der Waals surface area (Å²) < 4.78 is 0. The predicted octanol–water partition coefficient (Wildman–Crippen LogP) is -0.895. The minimum Gasteiger partial charge on any atom is -0.508 e. The summed E-state index contributed by atoms with van der Waals surface area (Å²) in [6.45, 7) is 6.12. The van der Waals surface area contributed by atoms with Crippen molar-refractivity contribution in [2.24, 2.45) is 17.6 Å². The molecule has 1 aromatic carbocycles. The lowest BCUT2D eigenvalue weighted by Crippen LogP contribution is -2.59. The van der Waals surface area contributed by atoms with Crippen LogP contribution < -0.4 is 21.7 Å². The fourth-order valence-electron chi connectivity index (χ4n) is 2.88. The summed E-state index contributed by atoms with van der Waals surface area (Å²) in [6, 6.07) is 1.19. The third-order valence-corrected chi connectivity index (χ3v) is 5.07. The number of amides is 3. The number of aliphatic hydroxyl groups excluding tert-OH is 1. The highest BCUT2D eigenvalue weighted by molar-refractivity contribution is 5.94. The van der Waals surface area contributed by atoms with Crippen LogP contribution in [0.2, 0.25) is 0 Å². The Morgan fingerprint density at radius 1 is 0.848 bits per heavy atom. The Morgan fingerprint density at radius 2 is 1.39 bits per heavy atom. The lowest BCUT2D eigenvalue weighted by Gasteiger charge is -2.27. The van der Waals surface area contributed by atoms with E-state index in [2.05, 4.69) is 16.0 Å². The SMILES string of the molecule is CC(C)C(N)C(=O)NC(C(=O)NC(CO)C(=O)NC(Cc1ccc(O)cc1)C(=O)O)C(C)C. The van der Waals surface area contributed by atoms with E-state index >= 15 is 0 Å². The van der Waals surface area contributed by atoms with Crippen LogP contribution in [0.25, 0.3) is 0 Å². The fraction of sp³-hybridized carbons (Fsp3) is 0.545. The number of aliphatic hydroxyl groups is 1. The normalized spacial score (nSPS) is 14.8. The smallest absolute Gasteiger partial charge is 0.326 e. The molecule has 184 valence electrons. The van der Waals surface area contributed by atoms with Crippen molar-refractivity contribution >= 4 is 23.7 Å². The molecule has 33 heavy (non-hydrogen) atoms. The molecule has 0 saturated carbocycles. The number of carboxylic acids is 1. The molecule has 8 N–H and O–H groups in total. The van der Waals surface area contributed by atoms with Crippen LogP contribution in [0.3, 0.4) is 0 Å². The summed E-state index contributed by atoms with van der Waals surface area (Å²) in [5.74, 6) is -3.94. The summed E-state index contributed by atoms with van der Waals surface area (Å²) >= 11 is 0. The van der Waals surface area contributed by atoms with E-state index in [4.69, 9.17) is 5.73 Å². The van der Waals surface area contributed by atoms with E-state index in [9.17, 15) is 34.5 Å². The topological polar surface area (TPSA) is 191 Å². The highest BCUT2D eigenvalue weighted by atomic mass is 16.4. The highest BCUT2D eigenvalue weighted by Gasteiger charge is 2.31. The number of benzene rings is 1. The van der Waals surface area contributed by atoms with E-state index in [0.717, 1.165) is 0 Å². The molecular weight excluding hydrogens is 432 g/mol. The molecule has 0 aliphatic rings. The Balaban J connectivity index is 2.86. The molecule has 4 unspecified atom stereocenters. The van der Waals surface area contributed by atoms with Gasteiger partial charge in [0.2, 0.25) is 17.7 Å². The quantitative estimate of drug-likeness (QED) is 0.206. The zero-order valence-corrected chi connectivity index (χ0v) is 19.2. The summed E-state index contributed by atoms with van der Waals surface area (Å²) in [4.78, 5) is 49.2. The molecule has 11 nitrogen and oxygen atoms in total. The molecule has 0 aromatic heterocycles. The van der Waals surface area contributed by atoms with E-state index in [-0.39, 0.29) is 24.0 Å². The second-order valence-electron chi connectivity index (χ2n) is 8.51. The maximum atomic E-state index is 12.7. The van der Waals surface area contributed by atoms with Gasteiger partial charge < -0.3 is 37.0 Å². The monoisotopic (exact) mass is 466 g/mol. The van der Waals surface area contributed by atoms with Crippen LogP contribution in [0.5, 0.6) is 5.75 Å². The van der Waals surface area contributed by atoms with Crippen molar-refractivity contribution in [3.8, 4) is 5.75 Å². The van der Waals surface area contributed by atoms with Crippen molar-refractivity contribution in [2.75, 3.05) is 6.61 Å². The second kappa shape index (κ2) is 12.8. The first-order valence-corrected chi connectivity index (χ1v) is 10.7. The zero-order valence-electron chi connectivity index (χ0n) is 19.2. The number of nitrogens with two attached hydrogens (primary N) is 1. The number of nitrogens with one attached hydrogen (secondary N) is 3. The van der Waals surface area contributed by atoms with Crippen LogP contribution in [0.15, 0.2) is 24.3 Å². The number of carbonyl (C=O) groups excluding carboxylic acids is 3. The van der Waals surface area contributed by atoms with Crippen LogP contribution >= 0.6 is 0 Å². The lowest BCUT2D eigenvalue weighted by molar-refractivity contribution is -0.142. The number of hydrogen-bond donors (Lipinski definition) is 7. The first-order chi connectivity index (χ1) is 15.4. The minimum absolute atomic E-state index is 0.0128. The third kappa shape index (κ3) is 8.70. The van der Waals surface area contributed by atoms with Gasteiger partial charge in [0.15, 0.2) is 0 Å². The molecule has 4 atom stereocenters. The molecule has 3 amide bonds. The molecule has 0 radical (unpaired) electrons. The van der Waals surface area contributed by atoms with Gasteiger partial charge in [0.05, 0.1) is 12.6 Å². The van der Waals surface area contributed by atoms with Gasteiger partial charge in [-0.2, -0.15) is 0 Å². The van der Waals surface area contributed by atoms with Gasteiger partial charge in [0.1, 0.15) is 23.9 Å². The molecular formula is C22H34N4O7. The predicted molar refractivity (Wildman–Crippen MR) is 120 cm³/mol. The van der Waals surface area contributed by atoms with E-state index in [1.54, 1.807) is 27.7 Å². The summed E-state index contributed by atoms with van der Waals surface area (Å²) in [5, 5.41) is 35.6. The average molecular weight is 467 g/mol. The second-order valence-corrected chi connectivity index (χ2v) is 8.51. The lowest BCUT2D eigenvalue weighted by atomic mass is 10.00.